The molecule has 0 fully saturated rings. The molecule has 15 heavy (non-hydrogen) atoms. The molecule has 0 heterocycles. The average molecular weight is 208 g/mol. The molecule has 0 aliphatic heterocycles. The molecule has 80 valence electrons. The maximum Gasteiger partial charge on any atom is 0.312 e. The van der Waals surface area contributed by atoms with E-state index in [1.807, 2.05) is 0 Å². The number of carbonyl (C=O) groups excluding carboxylic acids is 1. The van der Waals surface area contributed by atoms with Crippen LogP contribution >= 0.6 is 0 Å². The lowest BCUT2D eigenvalue weighted by Gasteiger charge is -2.04. The van der Waals surface area contributed by atoms with E-state index >= 15 is 0 Å². The Morgan fingerprint density at radius 1 is 1.40 bits per heavy atom. The van der Waals surface area contributed by atoms with Crippen LogP contribution < -0.4 is 11.1 Å². The molecule has 0 spiro atoms. The van der Waals surface area contributed by atoms with Crippen molar-refractivity contribution in [2.45, 2.75) is 13.0 Å². The van der Waals surface area contributed by atoms with E-state index < -0.39 is 18.3 Å². The van der Waals surface area contributed by atoms with Crippen molar-refractivity contribution in [3.63, 3.8) is 0 Å². The highest BCUT2D eigenvalue weighted by atomic mass is 16.4. The van der Waals surface area contributed by atoms with Crippen LogP contribution in [0.2, 0.25) is 0 Å². The summed E-state index contributed by atoms with van der Waals surface area (Å²) >= 11 is 0. The van der Waals surface area contributed by atoms with Gasteiger partial charge in [-0.2, -0.15) is 0 Å². The molecule has 0 bridgehead atoms. The van der Waals surface area contributed by atoms with Gasteiger partial charge in [-0.3, -0.25) is 9.59 Å². The number of nitrogens with one attached hydrogen (secondary N) is 1. The SMILES string of the molecule is Nc1cccc(CNC(=O)CC(=O)O)c1. The van der Waals surface area contributed by atoms with Crippen molar-refractivity contribution >= 4 is 17.6 Å². The number of nitrogens with two attached hydrogens (primary N) is 1. The zero-order valence-corrected chi connectivity index (χ0v) is 8.06. The third-order valence-corrected chi connectivity index (χ3v) is 1.75. The Labute approximate surface area is 86.9 Å². The van der Waals surface area contributed by atoms with Crippen LogP contribution in [0.1, 0.15) is 12.0 Å². The summed E-state index contributed by atoms with van der Waals surface area (Å²) in [5.41, 5.74) is 6.99. The van der Waals surface area contributed by atoms with Crippen LogP contribution in [0.25, 0.3) is 0 Å². The Kier molecular flexibility index (Phi) is 3.68. The molecule has 0 saturated heterocycles. The molecule has 1 amide bonds. The number of aliphatic carboxylic acids is 1. The van der Waals surface area contributed by atoms with E-state index in [1.54, 1.807) is 24.3 Å². The summed E-state index contributed by atoms with van der Waals surface area (Å²) in [5, 5.41) is 10.8. The third-order valence-electron chi connectivity index (χ3n) is 1.75. The number of nitrogen functional groups attached to an aromatic ring is 1. The summed E-state index contributed by atoms with van der Waals surface area (Å²) < 4.78 is 0. The fourth-order valence-corrected chi connectivity index (χ4v) is 1.10. The molecular weight excluding hydrogens is 196 g/mol. The molecule has 4 N–H and O–H groups in total. The first-order chi connectivity index (χ1) is 7.08. The second-order valence-corrected chi connectivity index (χ2v) is 3.09. The van der Waals surface area contributed by atoms with Crippen molar-refractivity contribution in [2.24, 2.45) is 0 Å². The second kappa shape index (κ2) is 4.99. The molecule has 5 nitrogen and oxygen atoms in total. The van der Waals surface area contributed by atoms with Crippen molar-refractivity contribution in [1.29, 1.82) is 0 Å². The summed E-state index contributed by atoms with van der Waals surface area (Å²) in [6.45, 7) is 0.289. The maximum atomic E-state index is 11.0. The highest BCUT2D eigenvalue weighted by Gasteiger charge is 2.06. The lowest BCUT2D eigenvalue weighted by Crippen LogP contribution is -2.25. The van der Waals surface area contributed by atoms with Crippen molar-refractivity contribution in [1.82, 2.24) is 5.32 Å². The van der Waals surface area contributed by atoms with Crippen LogP contribution in [0.15, 0.2) is 24.3 Å². The standard InChI is InChI=1S/C10H12N2O3/c11-8-3-1-2-7(4-8)6-12-9(13)5-10(14)15/h1-4H,5-6,11H2,(H,12,13)(H,14,15). The molecule has 1 aromatic carbocycles. The number of carbonyl (C=O) groups is 2. The third kappa shape index (κ3) is 4.12. The van der Waals surface area contributed by atoms with Gasteiger partial charge in [-0.1, -0.05) is 12.1 Å². The van der Waals surface area contributed by atoms with Gasteiger partial charge in [-0.25, -0.2) is 0 Å². The number of carboxylic acids is 1. The first-order valence-corrected chi connectivity index (χ1v) is 4.41. The Morgan fingerprint density at radius 3 is 2.73 bits per heavy atom. The van der Waals surface area contributed by atoms with Crippen LogP contribution in [0.4, 0.5) is 5.69 Å². The van der Waals surface area contributed by atoms with Crippen molar-refractivity contribution in [3.05, 3.63) is 29.8 Å². The van der Waals surface area contributed by atoms with Crippen LogP contribution in [0.3, 0.4) is 0 Å². The largest absolute Gasteiger partial charge is 0.481 e. The Morgan fingerprint density at radius 2 is 2.13 bits per heavy atom. The van der Waals surface area contributed by atoms with Gasteiger partial charge in [-0.15, -0.1) is 0 Å². The fourth-order valence-electron chi connectivity index (χ4n) is 1.10. The highest BCUT2D eigenvalue weighted by molar-refractivity contribution is 5.93. The van der Waals surface area contributed by atoms with Crippen molar-refractivity contribution < 1.29 is 14.7 Å². The maximum absolute atomic E-state index is 11.0. The molecule has 0 atom stereocenters. The molecule has 0 aliphatic rings. The highest BCUT2D eigenvalue weighted by Crippen LogP contribution is 2.05. The van der Waals surface area contributed by atoms with E-state index in [9.17, 15) is 9.59 Å². The van der Waals surface area contributed by atoms with E-state index in [1.165, 1.54) is 0 Å². The van der Waals surface area contributed by atoms with Crippen molar-refractivity contribution in [3.8, 4) is 0 Å². The van der Waals surface area contributed by atoms with E-state index in [0.29, 0.717) is 5.69 Å². The molecular formula is C10H12N2O3. The molecule has 0 aromatic heterocycles. The second-order valence-electron chi connectivity index (χ2n) is 3.09. The van der Waals surface area contributed by atoms with Gasteiger partial charge >= 0.3 is 5.97 Å². The molecule has 0 radical (unpaired) electrons. The first kappa shape index (κ1) is 11.0. The summed E-state index contributed by atoms with van der Waals surface area (Å²) in [5.74, 6) is -1.65. The molecule has 5 heteroatoms. The predicted molar refractivity (Wildman–Crippen MR) is 55.0 cm³/mol. The smallest absolute Gasteiger partial charge is 0.312 e. The van der Waals surface area contributed by atoms with Crippen LogP contribution in [0.5, 0.6) is 0 Å². The molecule has 0 saturated carbocycles. The van der Waals surface area contributed by atoms with Gasteiger partial charge in [-0.05, 0) is 17.7 Å². The average Bonchev–Trinajstić information content (AvgIpc) is 2.14. The minimum atomic E-state index is -1.14. The molecule has 0 unspecified atom stereocenters. The number of hydrogen-bond acceptors (Lipinski definition) is 3. The van der Waals surface area contributed by atoms with Gasteiger partial charge in [0.05, 0.1) is 0 Å². The van der Waals surface area contributed by atoms with Crippen LogP contribution in [-0.4, -0.2) is 17.0 Å². The Bertz CT molecular complexity index is 377. The number of benzene rings is 1. The summed E-state index contributed by atoms with van der Waals surface area (Å²) in [6.07, 6.45) is -0.512. The lowest BCUT2D eigenvalue weighted by atomic mass is 10.2. The number of carboxylic acid groups (broad SMARTS) is 1. The van der Waals surface area contributed by atoms with Gasteiger partial charge < -0.3 is 16.2 Å². The van der Waals surface area contributed by atoms with Gasteiger partial charge in [0.1, 0.15) is 6.42 Å². The summed E-state index contributed by atoms with van der Waals surface area (Å²) in [4.78, 5) is 21.2. The normalized spacial score (nSPS) is 9.60. The van der Waals surface area contributed by atoms with E-state index in [0.717, 1.165) is 5.56 Å². The molecule has 0 aliphatic carbocycles. The van der Waals surface area contributed by atoms with Gasteiger partial charge in [0, 0.05) is 12.2 Å². The Balaban J connectivity index is 2.43. The number of rotatable bonds is 4. The monoisotopic (exact) mass is 208 g/mol. The first-order valence-electron chi connectivity index (χ1n) is 4.41. The van der Waals surface area contributed by atoms with Crippen molar-refractivity contribution in [2.75, 3.05) is 5.73 Å². The fraction of sp³-hybridized carbons (Fsp3) is 0.200. The number of hydrogen-bond donors (Lipinski definition) is 3. The van der Waals surface area contributed by atoms with E-state index in [2.05, 4.69) is 5.32 Å². The van der Waals surface area contributed by atoms with Gasteiger partial charge in [0.2, 0.25) is 5.91 Å². The van der Waals surface area contributed by atoms with Gasteiger partial charge in [0.15, 0.2) is 0 Å². The topological polar surface area (TPSA) is 92.4 Å². The molecule has 1 aromatic rings. The quantitative estimate of drug-likeness (QED) is 0.492. The van der Waals surface area contributed by atoms with Crippen LogP contribution in [-0.2, 0) is 16.1 Å². The summed E-state index contributed by atoms with van der Waals surface area (Å²) in [6, 6.07) is 7.04. The van der Waals surface area contributed by atoms with E-state index in [4.69, 9.17) is 10.8 Å². The zero-order valence-electron chi connectivity index (χ0n) is 8.06. The van der Waals surface area contributed by atoms with E-state index in [-0.39, 0.29) is 6.54 Å². The summed E-state index contributed by atoms with van der Waals surface area (Å²) in [7, 11) is 0. The number of amides is 1. The lowest BCUT2D eigenvalue weighted by molar-refractivity contribution is -0.140. The van der Waals surface area contributed by atoms with Crippen LogP contribution in [0, 0.1) is 0 Å². The zero-order chi connectivity index (χ0) is 11.3. The number of anilines is 1. The molecule has 1 rings (SSSR count). The Hall–Kier alpha value is -2.04. The van der Waals surface area contributed by atoms with Gasteiger partial charge in [0.25, 0.3) is 0 Å². The minimum Gasteiger partial charge on any atom is -0.481 e. The minimum absolute atomic E-state index is 0.289. The predicted octanol–water partition coefficient (Wildman–Crippen LogP) is 0.360.